The van der Waals surface area contributed by atoms with Crippen LogP contribution in [0.5, 0.6) is 6.01 Å². The quantitative estimate of drug-likeness (QED) is 0.829. The molecule has 0 amide bonds. The summed E-state index contributed by atoms with van der Waals surface area (Å²) in [5.74, 6) is 0. The zero-order chi connectivity index (χ0) is 8.10. The molecule has 0 atom stereocenters. The number of methoxy groups -OCH3 is 1. The van der Waals surface area contributed by atoms with E-state index in [-0.39, 0.29) is 24.8 Å². The summed E-state index contributed by atoms with van der Waals surface area (Å²) >= 11 is 0. The lowest BCUT2D eigenvalue weighted by atomic mass is 10.2. The number of ether oxygens (including phenoxy) is 1. The average Bonchev–Trinajstić information content (AvgIpc) is 2.07. The molecule has 0 saturated carbocycles. The summed E-state index contributed by atoms with van der Waals surface area (Å²) in [5.41, 5.74) is 6.38. The molecule has 4 nitrogen and oxygen atoms in total. The van der Waals surface area contributed by atoms with E-state index in [0.29, 0.717) is 12.6 Å². The van der Waals surface area contributed by atoms with Crippen LogP contribution in [0.2, 0.25) is 0 Å². The van der Waals surface area contributed by atoms with Gasteiger partial charge < -0.3 is 10.5 Å². The van der Waals surface area contributed by atoms with Crippen molar-refractivity contribution in [2.75, 3.05) is 13.7 Å². The molecule has 0 aliphatic rings. The molecule has 1 heterocycles. The van der Waals surface area contributed by atoms with Gasteiger partial charge in [0.1, 0.15) is 0 Å². The van der Waals surface area contributed by atoms with Gasteiger partial charge in [-0.25, -0.2) is 9.97 Å². The van der Waals surface area contributed by atoms with Crippen molar-refractivity contribution >= 4 is 24.8 Å². The van der Waals surface area contributed by atoms with Gasteiger partial charge in [-0.1, -0.05) is 0 Å². The minimum atomic E-state index is 0. The van der Waals surface area contributed by atoms with Crippen molar-refractivity contribution in [3.63, 3.8) is 0 Å². The van der Waals surface area contributed by atoms with Gasteiger partial charge >= 0.3 is 6.01 Å². The Bertz CT molecular complexity index is 217. The number of rotatable bonds is 3. The third-order valence-corrected chi connectivity index (χ3v) is 1.30. The molecule has 0 fully saturated rings. The van der Waals surface area contributed by atoms with Crippen molar-refractivity contribution in [3.8, 4) is 6.01 Å². The molecule has 0 bridgehead atoms. The Kier molecular flexibility index (Phi) is 9.22. The Morgan fingerprint density at radius 2 is 1.85 bits per heavy atom. The fourth-order valence-electron chi connectivity index (χ4n) is 0.744. The second-order valence-corrected chi connectivity index (χ2v) is 2.12. The van der Waals surface area contributed by atoms with E-state index < -0.39 is 0 Å². The summed E-state index contributed by atoms with van der Waals surface area (Å²) in [4.78, 5) is 7.85. The SMILES string of the molecule is COc1ncc(CCN)cn1.Cl.Cl. The zero-order valence-electron chi connectivity index (χ0n) is 7.27. The summed E-state index contributed by atoms with van der Waals surface area (Å²) in [7, 11) is 1.54. The molecule has 0 aromatic carbocycles. The predicted molar refractivity (Wildman–Crippen MR) is 55.8 cm³/mol. The lowest BCUT2D eigenvalue weighted by Gasteiger charge is -1.98. The van der Waals surface area contributed by atoms with E-state index in [1.165, 1.54) is 7.11 Å². The Morgan fingerprint density at radius 1 is 1.31 bits per heavy atom. The number of halogens is 2. The molecule has 0 aliphatic heterocycles. The summed E-state index contributed by atoms with van der Waals surface area (Å²) in [6, 6.07) is 0.394. The van der Waals surface area contributed by atoms with Gasteiger partial charge in [-0.3, -0.25) is 0 Å². The van der Waals surface area contributed by atoms with Crippen LogP contribution < -0.4 is 10.5 Å². The van der Waals surface area contributed by atoms with E-state index in [1.54, 1.807) is 12.4 Å². The monoisotopic (exact) mass is 225 g/mol. The van der Waals surface area contributed by atoms with Crippen molar-refractivity contribution in [2.24, 2.45) is 5.73 Å². The Hall–Kier alpha value is -0.580. The second kappa shape index (κ2) is 8.04. The van der Waals surface area contributed by atoms with Crippen molar-refractivity contribution in [1.82, 2.24) is 9.97 Å². The topological polar surface area (TPSA) is 61.0 Å². The number of hydrogen-bond acceptors (Lipinski definition) is 4. The summed E-state index contributed by atoms with van der Waals surface area (Å²) in [5, 5.41) is 0. The van der Waals surface area contributed by atoms with Gasteiger partial charge in [-0.05, 0) is 18.5 Å². The first-order valence-corrected chi connectivity index (χ1v) is 3.42. The van der Waals surface area contributed by atoms with Crippen LogP contribution in [0.3, 0.4) is 0 Å². The lowest BCUT2D eigenvalue weighted by molar-refractivity contribution is 0.379. The van der Waals surface area contributed by atoms with Crippen LogP contribution in [0.15, 0.2) is 12.4 Å². The smallest absolute Gasteiger partial charge is 0.316 e. The van der Waals surface area contributed by atoms with Crippen LogP contribution in [0.25, 0.3) is 0 Å². The molecule has 1 aromatic rings. The summed E-state index contributed by atoms with van der Waals surface area (Å²) in [6.07, 6.45) is 4.25. The van der Waals surface area contributed by atoms with E-state index in [4.69, 9.17) is 10.5 Å². The van der Waals surface area contributed by atoms with Crippen LogP contribution in [0.1, 0.15) is 5.56 Å². The van der Waals surface area contributed by atoms with Crippen LogP contribution in [0, 0.1) is 0 Å². The molecular weight excluding hydrogens is 213 g/mol. The van der Waals surface area contributed by atoms with Crippen molar-refractivity contribution < 1.29 is 4.74 Å². The van der Waals surface area contributed by atoms with E-state index in [9.17, 15) is 0 Å². The van der Waals surface area contributed by atoms with Gasteiger partial charge in [0.15, 0.2) is 0 Å². The van der Waals surface area contributed by atoms with Crippen LogP contribution >= 0.6 is 24.8 Å². The first kappa shape index (κ1) is 14.9. The maximum Gasteiger partial charge on any atom is 0.316 e. The van der Waals surface area contributed by atoms with Crippen molar-refractivity contribution in [1.29, 1.82) is 0 Å². The molecular formula is C7H13Cl2N3O. The molecule has 0 spiro atoms. The first-order chi connectivity index (χ1) is 5.36. The predicted octanol–water partition coefficient (Wildman–Crippen LogP) is 0.830. The molecule has 0 unspecified atom stereocenters. The molecule has 0 radical (unpaired) electrons. The highest BCUT2D eigenvalue weighted by atomic mass is 35.5. The van der Waals surface area contributed by atoms with Gasteiger partial charge in [0.25, 0.3) is 0 Å². The van der Waals surface area contributed by atoms with Gasteiger partial charge in [-0.2, -0.15) is 0 Å². The van der Waals surface area contributed by atoms with Gasteiger partial charge in [-0.15, -0.1) is 24.8 Å². The molecule has 13 heavy (non-hydrogen) atoms. The van der Waals surface area contributed by atoms with E-state index in [1.807, 2.05) is 0 Å². The minimum absolute atomic E-state index is 0. The van der Waals surface area contributed by atoms with Gasteiger partial charge in [0.2, 0.25) is 0 Å². The molecule has 1 rings (SSSR count). The Morgan fingerprint density at radius 3 is 2.23 bits per heavy atom. The third kappa shape index (κ3) is 4.87. The van der Waals surface area contributed by atoms with Crippen LogP contribution in [-0.4, -0.2) is 23.6 Å². The van der Waals surface area contributed by atoms with E-state index in [0.717, 1.165) is 12.0 Å². The average molecular weight is 226 g/mol. The maximum atomic E-state index is 5.34. The summed E-state index contributed by atoms with van der Waals surface area (Å²) in [6.45, 7) is 0.621. The summed E-state index contributed by atoms with van der Waals surface area (Å²) < 4.78 is 4.79. The molecule has 2 N–H and O–H groups in total. The van der Waals surface area contributed by atoms with Crippen LogP contribution in [-0.2, 0) is 6.42 Å². The normalized spacial score (nSPS) is 8.15. The number of hydrogen-bond donors (Lipinski definition) is 1. The van der Waals surface area contributed by atoms with Crippen LogP contribution in [0.4, 0.5) is 0 Å². The molecule has 1 aromatic heterocycles. The second-order valence-electron chi connectivity index (χ2n) is 2.12. The number of aromatic nitrogens is 2. The highest BCUT2D eigenvalue weighted by Gasteiger charge is 1.94. The third-order valence-electron chi connectivity index (χ3n) is 1.30. The zero-order valence-corrected chi connectivity index (χ0v) is 8.90. The Balaban J connectivity index is 0. The highest BCUT2D eigenvalue weighted by Crippen LogP contribution is 2.00. The highest BCUT2D eigenvalue weighted by molar-refractivity contribution is 5.85. The van der Waals surface area contributed by atoms with E-state index >= 15 is 0 Å². The molecule has 0 aliphatic carbocycles. The minimum Gasteiger partial charge on any atom is -0.467 e. The Labute approximate surface area is 89.7 Å². The van der Waals surface area contributed by atoms with Gasteiger partial charge in [0.05, 0.1) is 7.11 Å². The fourth-order valence-corrected chi connectivity index (χ4v) is 0.744. The van der Waals surface area contributed by atoms with E-state index in [2.05, 4.69) is 9.97 Å². The number of nitrogens with zero attached hydrogens (tertiary/aromatic N) is 2. The largest absolute Gasteiger partial charge is 0.467 e. The fraction of sp³-hybridized carbons (Fsp3) is 0.429. The molecule has 0 saturated heterocycles. The van der Waals surface area contributed by atoms with Gasteiger partial charge in [0, 0.05) is 12.4 Å². The number of nitrogens with two attached hydrogens (primary N) is 1. The first-order valence-electron chi connectivity index (χ1n) is 3.42. The van der Waals surface area contributed by atoms with Crippen molar-refractivity contribution in [3.05, 3.63) is 18.0 Å². The standard InChI is InChI=1S/C7H11N3O.2ClH/c1-11-7-9-4-6(2-3-8)5-10-7;;/h4-5H,2-3,8H2,1H3;2*1H. The molecule has 6 heteroatoms. The lowest BCUT2D eigenvalue weighted by Crippen LogP contribution is -2.03. The maximum absolute atomic E-state index is 5.34. The van der Waals surface area contributed by atoms with Crippen molar-refractivity contribution in [2.45, 2.75) is 6.42 Å². The molecule has 76 valence electrons.